The summed E-state index contributed by atoms with van der Waals surface area (Å²) in [6.07, 6.45) is 9.10. The molecule has 52 valence electrons. The number of hydrogen-bond donors (Lipinski definition) is 0. The van der Waals surface area contributed by atoms with Crippen LogP contribution in [-0.2, 0) is 0 Å². The molecule has 0 amide bonds. The SMILES string of the molecule is C#CCCCC(Cl)CC. The van der Waals surface area contributed by atoms with Gasteiger partial charge in [-0.3, -0.25) is 0 Å². The molecule has 0 spiro atoms. The van der Waals surface area contributed by atoms with Crippen LogP contribution in [0, 0.1) is 12.3 Å². The average Bonchev–Trinajstić information content (AvgIpc) is 1.89. The van der Waals surface area contributed by atoms with Crippen molar-refractivity contribution in [2.24, 2.45) is 0 Å². The van der Waals surface area contributed by atoms with E-state index in [0.29, 0.717) is 5.38 Å². The van der Waals surface area contributed by atoms with Crippen LogP contribution in [0.2, 0.25) is 0 Å². The Balaban J connectivity index is 2.99. The molecule has 0 nitrogen and oxygen atoms in total. The standard InChI is InChI=1S/C8H13Cl/c1-3-5-6-7-8(9)4-2/h1,8H,4-7H2,2H3. The molecular formula is C8H13Cl. The van der Waals surface area contributed by atoms with Crippen molar-refractivity contribution in [3.63, 3.8) is 0 Å². The normalized spacial score (nSPS) is 12.6. The van der Waals surface area contributed by atoms with Gasteiger partial charge in [0.1, 0.15) is 0 Å². The Hall–Kier alpha value is -0.150. The third-order valence-corrected chi connectivity index (χ3v) is 1.81. The van der Waals surface area contributed by atoms with Gasteiger partial charge in [-0.2, -0.15) is 0 Å². The fraction of sp³-hybridized carbons (Fsp3) is 0.750. The number of terminal acetylenes is 1. The maximum Gasteiger partial charge on any atom is 0.0333 e. The molecule has 0 saturated carbocycles. The number of unbranched alkanes of at least 4 members (excludes halogenated alkanes) is 1. The highest BCUT2D eigenvalue weighted by molar-refractivity contribution is 6.20. The van der Waals surface area contributed by atoms with Crippen LogP contribution in [0.25, 0.3) is 0 Å². The Labute approximate surface area is 62.6 Å². The molecule has 0 bridgehead atoms. The van der Waals surface area contributed by atoms with Crippen LogP contribution in [0.5, 0.6) is 0 Å². The van der Waals surface area contributed by atoms with Crippen LogP contribution in [0.15, 0.2) is 0 Å². The van der Waals surface area contributed by atoms with Crippen molar-refractivity contribution in [2.45, 2.75) is 38.0 Å². The van der Waals surface area contributed by atoms with Crippen molar-refractivity contribution < 1.29 is 0 Å². The van der Waals surface area contributed by atoms with E-state index >= 15 is 0 Å². The van der Waals surface area contributed by atoms with Gasteiger partial charge in [-0.25, -0.2) is 0 Å². The van der Waals surface area contributed by atoms with Gasteiger partial charge in [0.05, 0.1) is 0 Å². The lowest BCUT2D eigenvalue weighted by atomic mass is 10.1. The van der Waals surface area contributed by atoms with Gasteiger partial charge in [0.15, 0.2) is 0 Å². The highest BCUT2D eigenvalue weighted by atomic mass is 35.5. The fourth-order valence-electron chi connectivity index (χ4n) is 0.630. The van der Waals surface area contributed by atoms with Crippen molar-refractivity contribution in [1.29, 1.82) is 0 Å². The maximum atomic E-state index is 5.83. The lowest BCUT2D eigenvalue weighted by Gasteiger charge is -2.01. The molecule has 0 saturated heterocycles. The van der Waals surface area contributed by atoms with E-state index in [1.165, 1.54) is 0 Å². The minimum atomic E-state index is 0.332. The molecule has 0 N–H and O–H groups in total. The molecule has 0 aromatic rings. The van der Waals surface area contributed by atoms with Gasteiger partial charge in [0, 0.05) is 11.8 Å². The van der Waals surface area contributed by atoms with Gasteiger partial charge >= 0.3 is 0 Å². The van der Waals surface area contributed by atoms with E-state index < -0.39 is 0 Å². The van der Waals surface area contributed by atoms with Crippen LogP contribution in [0.4, 0.5) is 0 Å². The Morgan fingerprint density at radius 2 is 2.33 bits per heavy atom. The van der Waals surface area contributed by atoms with Gasteiger partial charge in [-0.05, 0) is 19.3 Å². The van der Waals surface area contributed by atoms with Crippen molar-refractivity contribution in [2.75, 3.05) is 0 Å². The van der Waals surface area contributed by atoms with Gasteiger partial charge in [0.2, 0.25) is 0 Å². The maximum absolute atomic E-state index is 5.83. The molecule has 0 fully saturated rings. The highest BCUT2D eigenvalue weighted by Gasteiger charge is 1.97. The lowest BCUT2D eigenvalue weighted by molar-refractivity contribution is 0.688. The summed E-state index contributed by atoms with van der Waals surface area (Å²) in [5.41, 5.74) is 0. The monoisotopic (exact) mass is 144 g/mol. The van der Waals surface area contributed by atoms with Gasteiger partial charge in [-0.15, -0.1) is 23.9 Å². The molecule has 0 rings (SSSR count). The van der Waals surface area contributed by atoms with Crippen molar-refractivity contribution >= 4 is 11.6 Å². The average molecular weight is 145 g/mol. The molecule has 1 atom stereocenters. The highest BCUT2D eigenvalue weighted by Crippen LogP contribution is 2.09. The minimum Gasteiger partial charge on any atom is -0.123 e. The predicted molar refractivity (Wildman–Crippen MR) is 42.6 cm³/mol. The van der Waals surface area contributed by atoms with Gasteiger partial charge in [0.25, 0.3) is 0 Å². The largest absolute Gasteiger partial charge is 0.123 e. The number of rotatable bonds is 4. The first kappa shape index (κ1) is 8.85. The molecular weight excluding hydrogens is 132 g/mol. The third kappa shape index (κ3) is 5.73. The molecule has 0 aliphatic rings. The molecule has 1 heteroatoms. The second-order valence-corrected chi connectivity index (χ2v) is 2.72. The Bertz CT molecular complexity index is 91.2. The van der Waals surface area contributed by atoms with Gasteiger partial charge < -0.3 is 0 Å². The summed E-state index contributed by atoms with van der Waals surface area (Å²) in [6.45, 7) is 2.09. The molecule has 0 heterocycles. The smallest absolute Gasteiger partial charge is 0.0333 e. The van der Waals surface area contributed by atoms with E-state index in [-0.39, 0.29) is 0 Å². The van der Waals surface area contributed by atoms with E-state index in [2.05, 4.69) is 12.8 Å². The summed E-state index contributed by atoms with van der Waals surface area (Å²) in [5.74, 6) is 2.59. The molecule has 0 aromatic heterocycles. The van der Waals surface area contributed by atoms with Crippen LogP contribution < -0.4 is 0 Å². The first-order chi connectivity index (χ1) is 4.31. The topological polar surface area (TPSA) is 0 Å². The Morgan fingerprint density at radius 1 is 1.67 bits per heavy atom. The summed E-state index contributed by atoms with van der Waals surface area (Å²) in [5, 5.41) is 0.332. The van der Waals surface area contributed by atoms with Crippen LogP contribution in [0.1, 0.15) is 32.6 Å². The van der Waals surface area contributed by atoms with Gasteiger partial charge in [-0.1, -0.05) is 6.92 Å². The van der Waals surface area contributed by atoms with E-state index in [0.717, 1.165) is 25.7 Å². The predicted octanol–water partition coefficient (Wildman–Crippen LogP) is 2.81. The fourth-order valence-corrected chi connectivity index (χ4v) is 0.784. The summed E-state index contributed by atoms with van der Waals surface area (Å²) >= 11 is 5.83. The van der Waals surface area contributed by atoms with E-state index in [4.69, 9.17) is 18.0 Å². The number of alkyl halides is 1. The Morgan fingerprint density at radius 3 is 2.78 bits per heavy atom. The van der Waals surface area contributed by atoms with E-state index in [1.54, 1.807) is 0 Å². The van der Waals surface area contributed by atoms with E-state index in [9.17, 15) is 0 Å². The van der Waals surface area contributed by atoms with Crippen LogP contribution in [-0.4, -0.2) is 5.38 Å². The van der Waals surface area contributed by atoms with Crippen molar-refractivity contribution in [3.8, 4) is 12.3 Å². The zero-order valence-electron chi connectivity index (χ0n) is 5.86. The van der Waals surface area contributed by atoms with E-state index in [1.807, 2.05) is 0 Å². The second kappa shape index (κ2) is 5.98. The summed E-state index contributed by atoms with van der Waals surface area (Å²) in [7, 11) is 0. The summed E-state index contributed by atoms with van der Waals surface area (Å²) in [6, 6.07) is 0. The van der Waals surface area contributed by atoms with Crippen LogP contribution in [0.3, 0.4) is 0 Å². The summed E-state index contributed by atoms with van der Waals surface area (Å²) in [4.78, 5) is 0. The second-order valence-electron chi connectivity index (χ2n) is 2.10. The number of hydrogen-bond acceptors (Lipinski definition) is 0. The quantitative estimate of drug-likeness (QED) is 0.323. The third-order valence-electron chi connectivity index (χ3n) is 1.28. The first-order valence-corrected chi connectivity index (χ1v) is 3.82. The Kier molecular flexibility index (Phi) is 5.88. The molecule has 9 heavy (non-hydrogen) atoms. The van der Waals surface area contributed by atoms with Crippen LogP contribution >= 0.6 is 11.6 Å². The molecule has 0 radical (unpaired) electrons. The lowest BCUT2D eigenvalue weighted by Crippen LogP contribution is -1.94. The van der Waals surface area contributed by atoms with Crippen molar-refractivity contribution in [1.82, 2.24) is 0 Å². The minimum absolute atomic E-state index is 0.332. The molecule has 0 aliphatic carbocycles. The zero-order chi connectivity index (χ0) is 7.11. The molecule has 1 unspecified atom stereocenters. The first-order valence-electron chi connectivity index (χ1n) is 3.38. The zero-order valence-corrected chi connectivity index (χ0v) is 6.62. The van der Waals surface area contributed by atoms with Crippen molar-refractivity contribution in [3.05, 3.63) is 0 Å². The molecule has 0 aliphatic heterocycles. The summed E-state index contributed by atoms with van der Waals surface area (Å²) < 4.78 is 0. The number of halogens is 1. The molecule has 0 aromatic carbocycles.